The largest absolute Gasteiger partial charge is 0.379 e. The summed E-state index contributed by atoms with van der Waals surface area (Å²) < 4.78 is 5.37. The van der Waals surface area contributed by atoms with E-state index in [9.17, 15) is 14.4 Å². The van der Waals surface area contributed by atoms with E-state index in [1.165, 1.54) is 0 Å². The smallest absolute Gasteiger partial charge is 0.190 e. The van der Waals surface area contributed by atoms with E-state index in [1.807, 2.05) is 0 Å². The lowest BCUT2D eigenvalue weighted by molar-refractivity contribution is -0.122. The van der Waals surface area contributed by atoms with Crippen LogP contribution in [0.4, 0.5) is 0 Å². The first-order valence-corrected chi connectivity index (χ1v) is 9.33. The van der Waals surface area contributed by atoms with Gasteiger partial charge in [0, 0.05) is 47.7 Å². The number of carbonyl (C=O) groups is 3. The molecule has 0 bridgehead atoms. The summed E-state index contributed by atoms with van der Waals surface area (Å²) in [6, 6.07) is 6.96. The maximum absolute atomic E-state index is 13.2. The highest BCUT2D eigenvalue weighted by Gasteiger charge is 2.43. The lowest BCUT2D eigenvalue weighted by atomic mass is 9.67. The van der Waals surface area contributed by atoms with Gasteiger partial charge in [0.05, 0.1) is 13.2 Å². The number of nitrogens with zero attached hydrogens (tertiary/aromatic N) is 1. The van der Waals surface area contributed by atoms with Crippen LogP contribution in [0.1, 0.15) is 40.5 Å². The number of morpholine rings is 1. The third-order valence-corrected chi connectivity index (χ3v) is 5.87. The minimum Gasteiger partial charge on any atom is -0.379 e. The molecule has 0 saturated carbocycles. The minimum atomic E-state index is -0.491. The molecule has 5 nitrogen and oxygen atoms in total. The highest BCUT2D eigenvalue weighted by Crippen LogP contribution is 2.41. The second kappa shape index (κ2) is 6.89. The standard InChI is InChI=1S/C21H23NO4/c1-13-17(23)12-14(6-7-22-8-10-26-11-9-22)19-18(13)20(24)15-4-2-3-5-16(15)21(19)25/h2-5,13-14H,6-12H2,1H3. The number of carbonyl (C=O) groups excluding carboxylic acids is 3. The molecule has 0 amide bonds. The Balaban J connectivity index is 1.66. The highest BCUT2D eigenvalue weighted by molar-refractivity contribution is 6.29. The quantitative estimate of drug-likeness (QED) is 0.834. The van der Waals surface area contributed by atoms with Gasteiger partial charge in [0.15, 0.2) is 11.6 Å². The molecule has 1 aromatic rings. The zero-order valence-electron chi connectivity index (χ0n) is 15.0. The normalized spacial score (nSPS) is 26.7. The summed E-state index contributed by atoms with van der Waals surface area (Å²) in [6.07, 6.45) is 1.07. The van der Waals surface area contributed by atoms with Gasteiger partial charge in [-0.2, -0.15) is 0 Å². The molecule has 136 valence electrons. The molecule has 0 aromatic heterocycles. The van der Waals surface area contributed by atoms with E-state index in [4.69, 9.17) is 4.74 Å². The molecule has 2 aliphatic carbocycles. The van der Waals surface area contributed by atoms with Crippen molar-refractivity contribution in [2.75, 3.05) is 32.8 Å². The Hall–Kier alpha value is -2.11. The van der Waals surface area contributed by atoms with Gasteiger partial charge in [0.25, 0.3) is 0 Å². The van der Waals surface area contributed by atoms with Crippen molar-refractivity contribution in [1.29, 1.82) is 0 Å². The van der Waals surface area contributed by atoms with E-state index in [-0.39, 0.29) is 23.3 Å². The van der Waals surface area contributed by atoms with Crippen LogP contribution in [-0.2, 0) is 9.53 Å². The van der Waals surface area contributed by atoms with Crippen LogP contribution < -0.4 is 0 Å². The molecule has 5 heteroatoms. The van der Waals surface area contributed by atoms with Gasteiger partial charge in [-0.05, 0) is 18.9 Å². The van der Waals surface area contributed by atoms with Crippen LogP contribution in [0, 0.1) is 11.8 Å². The summed E-state index contributed by atoms with van der Waals surface area (Å²) in [5, 5.41) is 0. The van der Waals surface area contributed by atoms with Crippen LogP contribution >= 0.6 is 0 Å². The van der Waals surface area contributed by atoms with Crippen molar-refractivity contribution in [3.63, 3.8) is 0 Å². The Labute approximate surface area is 153 Å². The van der Waals surface area contributed by atoms with Gasteiger partial charge in [-0.1, -0.05) is 31.2 Å². The Morgan fingerprint density at radius 1 is 1.00 bits per heavy atom. The summed E-state index contributed by atoms with van der Waals surface area (Å²) in [5.41, 5.74) is 1.95. The average Bonchev–Trinajstić information content (AvgIpc) is 2.67. The molecule has 3 aliphatic rings. The van der Waals surface area contributed by atoms with Crippen molar-refractivity contribution < 1.29 is 19.1 Å². The first-order chi connectivity index (χ1) is 12.6. The van der Waals surface area contributed by atoms with Gasteiger partial charge in [0.2, 0.25) is 0 Å². The molecule has 26 heavy (non-hydrogen) atoms. The number of ketones is 3. The predicted octanol–water partition coefficient (Wildman–Crippen LogP) is 2.31. The van der Waals surface area contributed by atoms with Crippen LogP contribution in [0.15, 0.2) is 35.4 Å². The lowest BCUT2D eigenvalue weighted by Gasteiger charge is -2.35. The van der Waals surface area contributed by atoms with E-state index in [0.29, 0.717) is 28.7 Å². The lowest BCUT2D eigenvalue weighted by Crippen LogP contribution is -2.40. The molecule has 0 spiro atoms. The number of allylic oxidation sites excluding steroid dienone is 2. The van der Waals surface area contributed by atoms with Crippen molar-refractivity contribution in [1.82, 2.24) is 4.90 Å². The molecule has 2 atom stereocenters. The zero-order valence-corrected chi connectivity index (χ0v) is 15.0. The molecule has 1 saturated heterocycles. The summed E-state index contributed by atoms with van der Waals surface area (Å²) >= 11 is 0. The summed E-state index contributed by atoms with van der Waals surface area (Å²) in [5.74, 6) is -0.805. The van der Waals surface area contributed by atoms with Gasteiger partial charge in [-0.3, -0.25) is 19.3 Å². The van der Waals surface area contributed by atoms with E-state index in [2.05, 4.69) is 4.90 Å². The Kier molecular flexibility index (Phi) is 4.59. The number of Topliss-reactive ketones (excluding diaryl/α,β-unsaturated/α-hetero) is 3. The number of fused-ring (bicyclic) bond motifs is 1. The molecular formula is C21H23NO4. The van der Waals surface area contributed by atoms with Gasteiger partial charge < -0.3 is 4.74 Å². The first-order valence-electron chi connectivity index (χ1n) is 9.33. The number of hydrogen-bond donors (Lipinski definition) is 0. The minimum absolute atomic E-state index is 0.0660. The van der Waals surface area contributed by atoms with E-state index >= 15 is 0 Å². The van der Waals surface area contributed by atoms with Gasteiger partial charge in [-0.25, -0.2) is 0 Å². The van der Waals surface area contributed by atoms with E-state index < -0.39 is 5.92 Å². The first kappa shape index (κ1) is 17.3. The number of rotatable bonds is 3. The Morgan fingerprint density at radius 3 is 2.27 bits per heavy atom. The van der Waals surface area contributed by atoms with E-state index in [1.54, 1.807) is 31.2 Å². The molecule has 1 aliphatic heterocycles. The molecular weight excluding hydrogens is 330 g/mol. The fourth-order valence-corrected chi connectivity index (χ4v) is 4.34. The monoisotopic (exact) mass is 353 g/mol. The molecule has 2 unspecified atom stereocenters. The third-order valence-electron chi connectivity index (χ3n) is 5.87. The summed E-state index contributed by atoms with van der Waals surface area (Å²) in [4.78, 5) is 41.0. The molecule has 1 aromatic carbocycles. The molecule has 1 fully saturated rings. The summed E-state index contributed by atoms with van der Waals surface area (Å²) in [7, 11) is 0. The number of benzene rings is 1. The average molecular weight is 353 g/mol. The van der Waals surface area contributed by atoms with Gasteiger partial charge in [-0.15, -0.1) is 0 Å². The van der Waals surface area contributed by atoms with Crippen LogP contribution in [0.5, 0.6) is 0 Å². The second-order valence-corrected chi connectivity index (χ2v) is 7.36. The van der Waals surface area contributed by atoms with Crippen LogP contribution in [-0.4, -0.2) is 55.1 Å². The Bertz CT molecular complexity index is 804. The van der Waals surface area contributed by atoms with Crippen molar-refractivity contribution >= 4 is 17.3 Å². The van der Waals surface area contributed by atoms with Crippen molar-refractivity contribution in [3.8, 4) is 0 Å². The second-order valence-electron chi connectivity index (χ2n) is 7.36. The predicted molar refractivity (Wildman–Crippen MR) is 96.3 cm³/mol. The van der Waals surface area contributed by atoms with Gasteiger partial charge >= 0.3 is 0 Å². The van der Waals surface area contributed by atoms with Crippen molar-refractivity contribution in [2.45, 2.75) is 19.8 Å². The van der Waals surface area contributed by atoms with Crippen molar-refractivity contribution in [2.24, 2.45) is 11.8 Å². The molecule has 4 rings (SSSR count). The fraction of sp³-hybridized carbons (Fsp3) is 0.476. The fourth-order valence-electron chi connectivity index (χ4n) is 4.34. The zero-order chi connectivity index (χ0) is 18.3. The molecule has 1 heterocycles. The van der Waals surface area contributed by atoms with Crippen molar-refractivity contribution in [3.05, 3.63) is 46.5 Å². The molecule has 0 N–H and O–H groups in total. The highest BCUT2D eigenvalue weighted by atomic mass is 16.5. The van der Waals surface area contributed by atoms with Crippen LogP contribution in [0.2, 0.25) is 0 Å². The molecule has 0 radical (unpaired) electrons. The SMILES string of the molecule is CC1C(=O)CC(CCN2CCOCC2)C2=C1C(=O)c1ccccc1C2=O. The van der Waals surface area contributed by atoms with Crippen LogP contribution in [0.25, 0.3) is 0 Å². The van der Waals surface area contributed by atoms with E-state index in [0.717, 1.165) is 39.3 Å². The number of hydrogen-bond acceptors (Lipinski definition) is 5. The topological polar surface area (TPSA) is 63.7 Å². The maximum atomic E-state index is 13.2. The number of ether oxygens (including phenoxy) is 1. The maximum Gasteiger partial charge on any atom is 0.190 e. The third kappa shape index (κ3) is 2.85. The Morgan fingerprint density at radius 2 is 1.62 bits per heavy atom. The summed E-state index contributed by atoms with van der Waals surface area (Å²) in [6.45, 7) is 5.76. The van der Waals surface area contributed by atoms with Crippen LogP contribution in [0.3, 0.4) is 0 Å². The van der Waals surface area contributed by atoms with Gasteiger partial charge in [0.1, 0.15) is 5.78 Å².